The molecule has 0 N–H and O–H groups in total. The van der Waals surface area contributed by atoms with Crippen molar-refractivity contribution in [3.05, 3.63) is 15.6 Å². The SMILES string of the molecule is COC1(c2nc3c(s2)C(=O)CCC3)CCC(C)(C)CC1. The number of Topliss-reactive ketones (excluding diaryl/α,β-unsaturated/α-hetero) is 1. The Hall–Kier alpha value is -0.740. The first-order valence-electron chi connectivity index (χ1n) is 7.54. The van der Waals surface area contributed by atoms with Gasteiger partial charge in [-0.1, -0.05) is 13.8 Å². The Morgan fingerprint density at radius 1 is 1.15 bits per heavy atom. The summed E-state index contributed by atoms with van der Waals surface area (Å²) in [7, 11) is 1.79. The van der Waals surface area contributed by atoms with Gasteiger partial charge >= 0.3 is 0 Å². The van der Waals surface area contributed by atoms with Crippen LogP contribution in [0.2, 0.25) is 0 Å². The van der Waals surface area contributed by atoms with E-state index in [0.717, 1.165) is 54.1 Å². The second kappa shape index (κ2) is 4.92. The van der Waals surface area contributed by atoms with Gasteiger partial charge in [-0.25, -0.2) is 4.98 Å². The maximum atomic E-state index is 12.0. The van der Waals surface area contributed by atoms with E-state index in [0.29, 0.717) is 11.8 Å². The van der Waals surface area contributed by atoms with E-state index in [9.17, 15) is 4.79 Å². The van der Waals surface area contributed by atoms with Crippen LogP contribution in [0.5, 0.6) is 0 Å². The van der Waals surface area contributed by atoms with Crippen molar-refractivity contribution in [2.75, 3.05) is 7.11 Å². The number of carbonyl (C=O) groups is 1. The third kappa shape index (κ3) is 2.33. The number of hydrogen-bond acceptors (Lipinski definition) is 4. The van der Waals surface area contributed by atoms with E-state index in [2.05, 4.69) is 13.8 Å². The van der Waals surface area contributed by atoms with Crippen molar-refractivity contribution in [2.45, 2.75) is 64.4 Å². The van der Waals surface area contributed by atoms with Gasteiger partial charge in [-0.05, 0) is 43.9 Å². The van der Waals surface area contributed by atoms with E-state index >= 15 is 0 Å². The second-order valence-corrected chi connectivity index (χ2v) is 7.93. The molecule has 0 amide bonds. The highest BCUT2D eigenvalue weighted by Gasteiger charge is 2.43. The van der Waals surface area contributed by atoms with Crippen LogP contribution in [0.25, 0.3) is 0 Å². The molecule has 0 radical (unpaired) electrons. The summed E-state index contributed by atoms with van der Waals surface area (Å²) in [6.07, 6.45) is 6.90. The summed E-state index contributed by atoms with van der Waals surface area (Å²) in [5.74, 6) is 0.275. The molecule has 1 saturated carbocycles. The van der Waals surface area contributed by atoms with Crippen LogP contribution < -0.4 is 0 Å². The van der Waals surface area contributed by atoms with Crippen molar-refractivity contribution in [1.29, 1.82) is 0 Å². The predicted molar refractivity (Wildman–Crippen MR) is 80.3 cm³/mol. The molecule has 0 unspecified atom stereocenters. The van der Waals surface area contributed by atoms with Crippen LogP contribution in [0.3, 0.4) is 0 Å². The first kappa shape index (κ1) is 14.2. The van der Waals surface area contributed by atoms with Crippen LogP contribution in [0, 0.1) is 5.41 Å². The number of thiazole rings is 1. The third-order valence-corrected chi connectivity index (χ3v) is 6.28. The number of hydrogen-bond donors (Lipinski definition) is 0. The fraction of sp³-hybridized carbons (Fsp3) is 0.750. The van der Waals surface area contributed by atoms with Crippen molar-refractivity contribution >= 4 is 17.1 Å². The van der Waals surface area contributed by atoms with Gasteiger partial charge in [0.25, 0.3) is 0 Å². The van der Waals surface area contributed by atoms with E-state index in [1.165, 1.54) is 0 Å². The lowest BCUT2D eigenvalue weighted by atomic mass is 9.71. The molecule has 2 aliphatic rings. The van der Waals surface area contributed by atoms with Gasteiger partial charge < -0.3 is 4.74 Å². The topological polar surface area (TPSA) is 39.2 Å². The molecule has 110 valence electrons. The molecule has 0 aliphatic heterocycles. The van der Waals surface area contributed by atoms with Gasteiger partial charge in [-0.2, -0.15) is 0 Å². The molecule has 4 heteroatoms. The first-order chi connectivity index (χ1) is 9.46. The fourth-order valence-electron chi connectivity index (χ4n) is 3.30. The Balaban J connectivity index is 1.93. The minimum atomic E-state index is -0.252. The minimum absolute atomic E-state index is 0.252. The van der Waals surface area contributed by atoms with Crippen LogP contribution in [0.15, 0.2) is 0 Å². The van der Waals surface area contributed by atoms with E-state index in [-0.39, 0.29) is 11.4 Å². The molecular formula is C16H23NO2S. The molecule has 1 aromatic heterocycles. The molecule has 0 atom stereocenters. The number of methoxy groups -OCH3 is 1. The molecule has 20 heavy (non-hydrogen) atoms. The Labute approximate surface area is 124 Å². The molecule has 3 nitrogen and oxygen atoms in total. The largest absolute Gasteiger partial charge is 0.371 e. The third-order valence-electron chi connectivity index (χ3n) is 4.96. The van der Waals surface area contributed by atoms with Gasteiger partial charge in [-0.3, -0.25) is 4.79 Å². The Morgan fingerprint density at radius 3 is 2.45 bits per heavy atom. The standard InChI is InChI=1S/C16H23NO2S/c1-15(2)7-9-16(19-3,10-8-15)14-17-11-5-4-6-12(18)13(11)20-14/h4-10H2,1-3H3. The molecule has 0 bridgehead atoms. The van der Waals surface area contributed by atoms with E-state index in [1.54, 1.807) is 18.4 Å². The van der Waals surface area contributed by atoms with Crippen LogP contribution in [0.4, 0.5) is 0 Å². The monoisotopic (exact) mass is 293 g/mol. The normalized spacial score (nSPS) is 24.4. The van der Waals surface area contributed by atoms with Gasteiger partial charge in [0.1, 0.15) is 10.6 Å². The van der Waals surface area contributed by atoms with E-state index in [1.807, 2.05) is 0 Å². The van der Waals surface area contributed by atoms with Crippen LogP contribution in [-0.4, -0.2) is 17.9 Å². The number of aryl methyl sites for hydroxylation is 1. The van der Waals surface area contributed by atoms with Crippen LogP contribution in [0.1, 0.15) is 72.7 Å². The van der Waals surface area contributed by atoms with Gasteiger partial charge in [0, 0.05) is 13.5 Å². The van der Waals surface area contributed by atoms with Crippen molar-refractivity contribution in [2.24, 2.45) is 5.41 Å². The van der Waals surface area contributed by atoms with Crippen molar-refractivity contribution < 1.29 is 9.53 Å². The summed E-state index contributed by atoms with van der Waals surface area (Å²) >= 11 is 1.59. The molecule has 2 aliphatic carbocycles. The maximum absolute atomic E-state index is 12.0. The van der Waals surface area contributed by atoms with Crippen molar-refractivity contribution in [1.82, 2.24) is 4.98 Å². The zero-order valence-electron chi connectivity index (χ0n) is 12.6. The first-order valence-corrected chi connectivity index (χ1v) is 8.36. The van der Waals surface area contributed by atoms with Gasteiger partial charge in [0.15, 0.2) is 5.78 Å². The van der Waals surface area contributed by atoms with Crippen LogP contribution >= 0.6 is 11.3 Å². The summed E-state index contributed by atoms with van der Waals surface area (Å²) < 4.78 is 5.91. The number of fused-ring (bicyclic) bond motifs is 1. The molecule has 1 heterocycles. The van der Waals surface area contributed by atoms with Crippen LogP contribution in [-0.2, 0) is 16.8 Å². The molecule has 3 rings (SSSR count). The summed E-state index contributed by atoms with van der Waals surface area (Å²) in [6, 6.07) is 0. The second-order valence-electron chi connectivity index (χ2n) is 6.93. The van der Waals surface area contributed by atoms with E-state index in [4.69, 9.17) is 9.72 Å². The molecule has 1 fully saturated rings. The highest BCUT2D eigenvalue weighted by atomic mass is 32.1. The number of aromatic nitrogens is 1. The summed E-state index contributed by atoms with van der Waals surface area (Å²) in [6.45, 7) is 4.64. The lowest BCUT2D eigenvalue weighted by Crippen LogP contribution is -2.36. The zero-order chi connectivity index (χ0) is 14.4. The highest BCUT2D eigenvalue weighted by Crippen LogP contribution is 2.48. The summed E-state index contributed by atoms with van der Waals surface area (Å²) in [5.41, 5.74) is 1.16. The average Bonchev–Trinajstić information content (AvgIpc) is 2.85. The smallest absolute Gasteiger partial charge is 0.174 e. The molecule has 0 spiro atoms. The number of rotatable bonds is 2. The minimum Gasteiger partial charge on any atom is -0.371 e. The molecule has 0 saturated heterocycles. The highest BCUT2D eigenvalue weighted by molar-refractivity contribution is 7.14. The van der Waals surface area contributed by atoms with Crippen molar-refractivity contribution in [3.8, 4) is 0 Å². The summed E-state index contributed by atoms with van der Waals surface area (Å²) in [4.78, 5) is 17.7. The molecular weight excluding hydrogens is 270 g/mol. The number of carbonyl (C=O) groups excluding carboxylic acids is 1. The molecule has 0 aromatic carbocycles. The predicted octanol–water partition coefficient (Wildman–Crippen LogP) is 4.10. The Morgan fingerprint density at radius 2 is 1.85 bits per heavy atom. The Kier molecular flexibility index (Phi) is 3.49. The number of nitrogens with zero attached hydrogens (tertiary/aromatic N) is 1. The fourth-order valence-corrected chi connectivity index (χ4v) is 4.60. The quantitative estimate of drug-likeness (QED) is 0.824. The number of ether oxygens (including phenoxy) is 1. The van der Waals surface area contributed by atoms with Gasteiger partial charge in [-0.15, -0.1) is 11.3 Å². The number of ketones is 1. The lowest BCUT2D eigenvalue weighted by Gasteiger charge is -2.41. The van der Waals surface area contributed by atoms with Crippen molar-refractivity contribution in [3.63, 3.8) is 0 Å². The maximum Gasteiger partial charge on any atom is 0.174 e. The van der Waals surface area contributed by atoms with Gasteiger partial charge in [0.2, 0.25) is 0 Å². The summed E-state index contributed by atoms with van der Waals surface area (Å²) in [5, 5.41) is 1.04. The average molecular weight is 293 g/mol. The lowest BCUT2D eigenvalue weighted by molar-refractivity contribution is -0.0668. The Bertz CT molecular complexity index is 523. The van der Waals surface area contributed by atoms with E-state index < -0.39 is 0 Å². The van der Waals surface area contributed by atoms with Gasteiger partial charge in [0.05, 0.1) is 10.6 Å². The molecule has 1 aromatic rings. The zero-order valence-corrected chi connectivity index (χ0v) is 13.4.